The number of hydrogen-bond donors (Lipinski definition) is 0. The first-order chi connectivity index (χ1) is 15.0. The fraction of sp³-hybridized carbons (Fsp3) is 0.292. The molecule has 0 saturated carbocycles. The molecule has 1 aromatic heterocycles. The standard InChI is InChI=1S/C24H23FN4OS/c1-17-23(31-22(27-17)14-18-6-8-21(25)9-7-18)24(30)29-12-10-28(11-13-29)16-20-4-2-19(15-26)3-5-20/h2-9H,10-14,16H2,1H3. The van der Waals surface area contributed by atoms with Crippen molar-refractivity contribution < 1.29 is 9.18 Å². The van der Waals surface area contributed by atoms with Crippen molar-refractivity contribution in [3.63, 3.8) is 0 Å². The van der Waals surface area contributed by atoms with Gasteiger partial charge in [-0.1, -0.05) is 24.3 Å². The Balaban J connectivity index is 1.34. The Labute approximate surface area is 185 Å². The SMILES string of the molecule is Cc1nc(Cc2ccc(F)cc2)sc1C(=O)N1CCN(Cc2ccc(C#N)cc2)CC1. The zero-order valence-corrected chi connectivity index (χ0v) is 18.2. The van der Waals surface area contributed by atoms with Crippen LogP contribution in [0.1, 0.15) is 37.1 Å². The molecule has 0 N–H and O–H groups in total. The normalized spacial score (nSPS) is 14.4. The Morgan fingerprint density at radius 2 is 1.71 bits per heavy atom. The lowest BCUT2D eigenvalue weighted by Gasteiger charge is -2.34. The minimum absolute atomic E-state index is 0.0402. The van der Waals surface area contributed by atoms with Gasteiger partial charge in [-0.2, -0.15) is 5.26 Å². The summed E-state index contributed by atoms with van der Waals surface area (Å²) < 4.78 is 13.1. The topological polar surface area (TPSA) is 60.2 Å². The van der Waals surface area contributed by atoms with Crippen molar-refractivity contribution in [3.05, 3.63) is 86.6 Å². The third-order valence-corrected chi connectivity index (χ3v) is 6.60. The minimum atomic E-state index is -0.256. The summed E-state index contributed by atoms with van der Waals surface area (Å²) >= 11 is 1.43. The van der Waals surface area contributed by atoms with Crippen molar-refractivity contribution in [3.8, 4) is 6.07 Å². The van der Waals surface area contributed by atoms with Crippen molar-refractivity contribution in [2.45, 2.75) is 19.9 Å². The van der Waals surface area contributed by atoms with Crippen molar-refractivity contribution in [2.24, 2.45) is 0 Å². The average Bonchev–Trinajstić information content (AvgIpc) is 3.16. The van der Waals surface area contributed by atoms with Crippen molar-refractivity contribution in [1.29, 1.82) is 5.26 Å². The summed E-state index contributed by atoms with van der Waals surface area (Å²) in [5.74, 6) is -0.216. The Morgan fingerprint density at radius 3 is 2.35 bits per heavy atom. The van der Waals surface area contributed by atoms with E-state index in [1.54, 1.807) is 12.1 Å². The fourth-order valence-electron chi connectivity index (χ4n) is 3.70. The molecule has 0 radical (unpaired) electrons. The molecule has 1 amide bonds. The van der Waals surface area contributed by atoms with Gasteiger partial charge >= 0.3 is 0 Å². The molecule has 0 aliphatic carbocycles. The van der Waals surface area contributed by atoms with Gasteiger partial charge in [-0.15, -0.1) is 11.3 Å². The van der Waals surface area contributed by atoms with Crippen LogP contribution >= 0.6 is 11.3 Å². The smallest absolute Gasteiger partial charge is 0.265 e. The van der Waals surface area contributed by atoms with E-state index in [1.807, 2.05) is 36.1 Å². The summed E-state index contributed by atoms with van der Waals surface area (Å²) in [5, 5.41) is 9.78. The number of aryl methyl sites for hydroxylation is 1. The number of nitrogens with zero attached hydrogens (tertiary/aromatic N) is 4. The van der Waals surface area contributed by atoms with Crippen molar-refractivity contribution in [1.82, 2.24) is 14.8 Å². The van der Waals surface area contributed by atoms with E-state index in [-0.39, 0.29) is 11.7 Å². The van der Waals surface area contributed by atoms with Gasteiger partial charge in [-0.25, -0.2) is 9.37 Å². The maximum Gasteiger partial charge on any atom is 0.265 e. The maximum atomic E-state index is 13.1. The quantitative estimate of drug-likeness (QED) is 0.609. The van der Waals surface area contributed by atoms with Gasteiger partial charge < -0.3 is 4.90 Å². The van der Waals surface area contributed by atoms with E-state index in [4.69, 9.17) is 5.26 Å². The van der Waals surface area contributed by atoms with Crippen LogP contribution in [0.4, 0.5) is 4.39 Å². The number of aromatic nitrogens is 1. The second-order valence-corrected chi connectivity index (χ2v) is 8.79. The summed E-state index contributed by atoms with van der Waals surface area (Å²) in [7, 11) is 0. The number of carbonyl (C=O) groups excluding carboxylic acids is 1. The zero-order valence-electron chi connectivity index (χ0n) is 17.3. The van der Waals surface area contributed by atoms with E-state index < -0.39 is 0 Å². The largest absolute Gasteiger partial charge is 0.335 e. The van der Waals surface area contributed by atoms with Crippen LogP contribution in [-0.2, 0) is 13.0 Å². The monoisotopic (exact) mass is 434 g/mol. The van der Waals surface area contributed by atoms with E-state index in [0.29, 0.717) is 30.0 Å². The fourth-order valence-corrected chi connectivity index (χ4v) is 4.77. The molecule has 158 valence electrons. The molecule has 1 aliphatic rings. The van der Waals surface area contributed by atoms with Crippen LogP contribution in [0.2, 0.25) is 0 Å². The highest BCUT2D eigenvalue weighted by atomic mass is 32.1. The molecule has 7 heteroatoms. The van der Waals surface area contributed by atoms with Gasteiger partial charge in [0, 0.05) is 39.1 Å². The number of benzene rings is 2. The van der Waals surface area contributed by atoms with Gasteiger partial charge in [0.05, 0.1) is 22.3 Å². The molecule has 4 rings (SSSR count). The zero-order chi connectivity index (χ0) is 21.8. The third kappa shape index (κ3) is 5.16. The molecule has 0 atom stereocenters. The Morgan fingerprint density at radius 1 is 1.06 bits per heavy atom. The van der Waals surface area contributed by atoms with E-state index in [9.17, 15) is 9.18 Å². The van der Waals surface area contributed by atoms with Crippen LogP contribution in [0.5, 0.6) is 0 Å². The number of nitriles is 1. The van der Waals surface area contributed by atoms with E-state index in [0.717, 1.165) is 35.9 Å². The lowest BCUT2D eigenvalue weighted by atomic mass is 10.1. The first-order valence-corrected chi connectivity index (χ1v) is 11.0. The lowest BCUT2D eigenvalue weighted by molar-refractivity contribution is 0.0632. The van der Waals surface area contributed by atoms with Crippen LogP contribution in [0, 0.1) is 24.1 Å². The molecular weight excluding hydrogens is 411 g/mol. The number of halogens is 1. The molecule has 5 nitrogen and oxygen atoms in total. The molecule has 0 unspecified atom stereocenters. The van der Waals surface area contributed by atoms with E-state index in [2.05, 4.69) is 16.0 Å². The highest BCUT2D eigenvalue weighted by Gasteiger charge is 2.25. The minimum Gasteiger partial charge on any atom is -0.335 e. The van der Waals surface area contributed by atoms with Crippen molar-refractivity contribution in [2.75, 3.05) is 26.2 Å². The molecule has 1 saturated heterocycles. The average molecular weight is 435 g/mol. The Kier molecular flexibility index (Phi) is 6.40. The predicted octanol–water partition coefficient (Wildman–Crippen LogP) is 4.01. The summed E-state index contributed by atoms with van der Waals surface area (Å²) in [4.78, 5) is 22.6. The van der Waals surface area contributed by atoms with Gasteiger partial charge in [0.15, 0.2) is 0 Å². The number of thiazole rings is 1. The molecule has 31 heavy (non-hydrogen) atoms. The highest BCUT2D eigenvalue weighted by molar-refractivity contribution is 7.13. The number of hydrogen-bond acceptors (Lipinski definition) is 5. The molecule has 0 bridgehead atoms. The van der Waals surface area contributed by atoms with Crippen LogP contribution in [-0.4, -0.2) is 46.9 Å². The summed E-state index contributed by atoms with van der Waals surface area (Å²) in [6, 6.07) is 16.2. The third-order valence-electron chi connectivity index (χ3n) is 5.45. The van der Waals surface area contributed by atoms with Crippen LogP contribution in [0.25, 0.3) is 0 Å². The van der Waals surface area contributed by atoms with Gasteiger partial charge in [0.2, 0.25) is 0 Å². The van der Waals surface area contributed by atoms with Crippen LogP contribution < -0.4 is 0 Å². The number of rotatable bonds is 5. The maximum absolute atomic E-state index is 13.1. The Bertz CT molecular complexity index is 1090. The molecule has 3 aromatic rings. The van der Waals surface area contributed by atoms with Crippen LogP contribution in [0.15, 0.2) is 48.5 Å². The number of amides is 1. The summed E-state index contributed by atoms with van der Waals surface area (Å²) in [6.07, 6.45) is 0.595. The molecule has 2 aromatic carbocycles. The second-order valence-electron chi connectivity index (χ2n) is 7.70. The predicted molar refractivity (Wildman–Crippen MR) is 118 cm³/mol. The Hall–Kier alpha value is -3.08. The van der Waals surface area contributed by atoms with Gasteiger partial charge in [0.25, 0.3) is 5.91 Å². The van der Waals surface area contributed by atoms with Crippen LogP contribution in [0.3, 0.4) is 0 Å². The van der Waals surface area contributed by atoms with E-state index >= 15 is 0 Å². The lowest BCUT2D eigenvalue weighted by Crippen LogP contribution is -2.48. The summed E-state index contributed by atoms with van der Waals surface area (Å²) in [5.41, 5.74) is 3.57. The molecule has 2 heterocycles. The molecular formula is C24H23FN4OS. The molecule has 1 aliphatic heterocycles. The highest BCUT2D eigenvalue weighted by Crippen LogP contribution is 2.23. The van der Waals surface area contributed by atoms with Gasteiger partial charge in [-0.05, 0) is 42.3 Å². The van der Waals surface area contributed by atoms with E-state index in [1.165, 1.54) is 29.0 Å². The molecule has 1 fully saturated rings. The number of piperazine rings is 1. The second kappa shape index (κ2) is 9.38. The van der Waals surface area contributed by atoms with Gasteiger partial charge in [-0.3, -0.25) is 9.69 Å². The van der Waals surface area contributed by atoms with Gasteiger partial charge in [0.1, 0.15) is 10.7 Å². The van der Waals surface area contributed by atoms with Crippen molar-refractivity contribution >= 4 is 17.2 Å². The first kappa shape index (κ1) is 21.2. The summed E-state index contributed by atoms with van der Waals surface area (Å²) in [6.45, 7) is 5.67. The number of carbonyl (C=O) groups is 1. The first-order valence-electron chi connectivity index (χ1n) is 10.2. The molecule has 0 spiro atoms.